The fourth-order valence-corrected chi connectivity index (χ4v) is 1.64. The molecule has 8 nitrogen and oxygen atoms in total. The highest BCUT2D eigenvalue weighted by Gasteiger charge is 2.27. The minimum Gasteiger partial charge on any atom is -0.496 e. The number of nitrogens with zero attached hydrogens (tertiary/aromatic N) is 1. The number of nitro benzene ring substituents is 1. The summed E-state index contributed by atoms with van der Waals surface area (Å²) in [6.07, 6.45) is 0.157. The van der Waals surface area contributed by atoms with E-state index < -0.39 is 28.5 Å². The van der Waals surface area contributed by atoms with E-state index in [9.17, 15) is 19.7 Å². The maximum atomic E-state index is 12.1. The van der Waals surface area contributed by atoms with E-state index in [1.807, 2.05) is 0 Å². The third kappa shape index (κ3) is 3.22. The van der Waals surface area contributed by atoms with Crippen molar-refractivity contribution in [2.75, 3.05) is 7.11 Å². The van der Waals surface area contributed by atoms with Gasteiger partial charge in [0, 0.05) is 6.07 Å². The topological polar surface area (TPSA) is 119 Å². The number of carbonyl (C=O) groups is 2. The number of carboxylic acids is 1. The number of nitro groups is 1. The third-order valence-corrected chi connectivity index (χ3v) is 2.66. The van der Waals surface area contributed by atoms with E-state index in [1.165, 1.54) is 19.2 Å². The van der Waals surface area contributed by atoms with Gasteiger partial charge in [-0.3, -0.25) is 14.9 Å². The molecule has 1 rings (SSSR count). The lowest BCUT2D eigenvalue weighted by atomic mass is 10.1. The van der Waals surface area contributed by atoms with Gasteiger partial charge in [0.05, 0.1) is 12.0 Å². The molecule has 0 aliphatic heterocycles. The zero-order chi connectivity index (χ0) is 15.3. The highest BCUT2D eigenvalue weighted by Crippen LogP contribution is 2.28. The number of carboxylic acid groups (broad SMARTS) is 1. The van der Waals surface area contributed by atoms with Gasteiger partial charge in [-0.25, -0.2) is 4.79 Å². The van der Waals surface area contributed by atoms with Gasteiger partial charge in [0.15, 0.2) is 5.56 Å². The average molecular weight is 282 g/mol. The van der Waals surface area contributed by atoms with Gasteiger partial charge < -0.3 is 15.2 Å². The molecule has 0 saturated heterocycles. The SMILES string of the molecule is CC[C@@H](NC(=O)c1c(OC)cccc1[N+](=O)[O-])C(=O)O. The van der Waals surface area contributed by atoms with Crippen LogP contribution in [-0.2, 0) is 4.79 Å². The molecule has 0 saturated carbocycles. The number of rotatable bonds is 6. The lowest BCUT2D eigenvalue weighted by Gasteiger charge is -2.14. The first-order chi connectivity index (χ1) is 9.42. The highest BCUT2D eigenvalue weighted by molar-refractivity contribution is 6.02. The molecule has 8 heteroatoms. The van der Waals surface area contributed by atoms with Crippen LogP contribution in [0, 0.1) is 10.1 Å². The summed E-state index contributed by atoms with van der Waals surface area (Å²) in [7, 11) is 1.27. The number of amides is 1. The molecule has 0 bridgehead atoms. The molecule has 20 heavy (non-hydrogen) atoms. The molecule has 1 aromatic rings. The molecule has 0 aliphatic rings. The van der Waals surface area contributed by atoms with E-state index in [2.05, 4.69) is 5.32 Å². The van der Waals surface area contributed by atoms with Crippen molar-refractivity contribution < 1.29 is 24.4 Å². The molecule has 0 unspecified atom stereocenters. The van der Waals surface area contributed by atoms with Gasteiger partial charge >= 0.3 is 5.97 Å². The van der Waals surface area contributed by atoms with E-state index in [4.69, 9.17) is 9.84 Å². The van der Waals surface area contributed by atoms with Gasteiger partial charge in [-0.05, 0) is 12.5 Å². The van der Waals surface area contributed by atoms with E-state index in [0.29, 0.717) is 0 Å². The molecule has 0 fully saturated rings. The molecule has 0 aromatic heterocycles. The number of methoxy groups -OCH3 is 1. The van der Waals surface area contributed by atoms with E-state index >= 15 is 0 Å². The van der Waals surface area contributed by atoms with E-state index in [1.54, 1.807) is 6.92 Å². The first-order valence-electron chi connectivity index (χ1n) is 5.77. The Morgan fingerprint density at radius 3 is 2.60 bits per heavy atom. The fourth-order valence-electron chi connectivity index (χ4n) is 1.64. The standard InChI is InChI=1S/C12H14N2O6/c1-3-7(12(16)17)13-11(15)10-8(14(18)19)5-4-6-9(10)20-2/h4-7H,3H2,1-2H3,(H,13,15)(H,16,17)/t7-/m1/s1. The predicted octanol–water partition coefficient (Wildman–Crippen LogP) is 1.20. The van der Waals surface area contributed by atoms with Crippen LogP contribution in [0.4, 0.5) is 5.69 Å². The van der Waals surface area contributed by atoms with Crippen LogP contribution < -0.4 is 10.1 Å². The van der Waals surface area contributed by atoms with Crippen LogP contribution in [0.25, 0.3) is 0 Å². The third-order valence-electron chi connectivity index (χ3n) is 2.66. The molecule has 0 spiro atoms. The van der Waals surface area contributed by atoms with Gasteiger partial charge in [0.1, 0.15) is 11.8 Å². The minimum absolute atomic E-state index is 0.0111. The van der Waals surface area contributed by atoms with Gasteiger partial charge in [-0.15, -0.1) is 0 Å². The van der Waals surface area contributed by atoms with Crippen LogP contribution in [0.5, 0.6) is 5.75 Å². The zero-order valence-corrected chi connectivity index (χ0v) is 11.0. The zero-order valence-electron chi connectivity index (χ0n) is 11.0. The quantitative estimate of drug-likeness (QED) is 0.597. The number of hydrogen-bond acceptors (Lipinski definition) is 5. The number of carbonyl (C=O) groups excluding carboxylic acids is 1. The van der Waals surface area contributed by atoms with Gasteiger partial charge in [-0.1, -0.05) is 13.0 Å². The van der Waals surface area contributed by atoms with Crippen molar-refractivity contribution in [3.05, 3.63) is 33.9 Å². The molecule has 1 amide bonds. The number of hydrogen-bond donors (Lipinski definition) is 2. The van der Waals surface area contributed by atoms with Crippen molar-refractivity contribution in [1.82, 2.24) is 5.32 Å². The van der Waals surface area contributed by atoms with Gasteiger partial charge in [0.2, 0.25) is 0 Å². The number of aliphatic carboxylic acids is 1. The molecule has 108 valence electrons. The van der Waals surface area contributed by atoms with Crippen molar-refractivity contribution >= 4 is 17.6 Å². The van der Waals surface area contributed by atoms with Crippen LogP contribution >= 0.6 is 0 Å². The highest BCUT2D eigenvalue weighted by atomic mass is 16.6. The summed E-state index contributed by atoms with van der Waals surface area (Å²) in [5.74, 6) is -2.06. The van der Waals surface area contributed by atoms with E-state index in [-0.39, 0.29) is 17.7 Å². The molecule has 0 radical (unpaired) electrons. The fraction of sp³-hybridized carbons (Fsp3) is 0.333. The molecule has 1 aromatic carbocycles. The Hall–Kier alpha value is -2.64. The maximum absolute atomic E-state index is 12.1. The summed E-state index contributed by atoms with van der Waals surface area (Å²) in [4.78, 5) is 33.2. The second-order valence-electron chi connectivity index (χ2n) is 3.88. The largest absolute Gasteiger partial charge is 0.496 e. The molecule has 2 N–H and O–H groups in total. The summed E-state index contributed by atoms with van der Waals surface area (Å²) < 4.78 is 4.92. The smallest absolute Gasteiger partial charge is 0.326 e. The summed E-state index contributed by atoms with van der Waals surface area (Å²) in [6.45, 7) is 1.58. The summed E-state index contributed by atoms with van der Waals surface area (Å²) >= 11 is 0. The van der Waals surface area contributed by atoms with Crippen LogP contribution in [-0.4, -0.2) is 35.1 Å². The van der Waals surface area contributed by atoms with Crippen molar-refractivity contribution in [3.8, 4) is 5.75 Å². The normalized spacial score (nSPS) is 11.5. The van der Waals surface area contributed by atoms with Crippen LogP contribution in [0.1, 0.15) is 23.7 Å². The monoisotopic (exact) mass is 282 g/mol. The Morgan fingerprint density at radius 1 is 1.50 bits per heavy atom. The summed E-state index contributed by atoms with van der Waals surface area (Å²) in [5.41, 5.74) is -0.734. The van der Waals surface area contributed by atoms with Crippen molar-refractivity contribution in [3.63, 3.8) is 0 Å². The maximum Gasteiger partial charge on any atom is 0.326 e. The van der Waals surface area contributed by atoms with Crippen molar-refractivity contribution in [1.29, 1.82) is 0 Å². The lowest BCUT2D eigenvalue weighted by molar-refractivity contribution is -0.385. The van der Waals surface area contributed by atoms with Crippen LogP contribution in [0.15, 0.2) is 18.2 Å². The average Bonchev–Trinajstić information content (AvgIpc) is 2.42. The van der Waals surface area contributed by atoms with Crippen LogP contribution in [0.2, 0.25) is 0 Å². The Morgan fingerprint density at radius 2 is 2.15 bits per heavy atom. The summed E-state index contributed by atoms with van der Waals surface area (Å²) in [6, 6.07) is 2.80. The lowest BCUT2D eigenvalue weighted by Crippen LogP contribution is -2.40. The molecular weight excluding hydrogens is 268 g/mol. The molecule has 1 atom stereocenters. The molecule has 0 heterocycles. The second kappa shape index (κ2) is 6.50. The van der Waals surface area contributed by atoms with Crippen molar-refractivity contribution in [2.24, 2.45) is 0 Å². The Kier molecular flexibility index (Phi) is 5.01. The molecule has 0 aliphatic carbocycles. The number of nitrogens with one attached hydrogen (secondary N) is 1. The second-order valence-corrected chi connectivity index (χ2v) is 3.88. The number of benzene rings is 1. The Labute approximate surface area is 114 Å². The van der Waals surface area contributed by atoms with Crippen LogP contribution in [0.3, 0.4) is 0 Å². The minimum atomic E-state index is -1.21. The molecular formula is C12H14N2O6. The van der Waals surface area contributed by atoms with Gasteiger partial charge in [0.25, 0.3) is 11.6 Å². The first kappa shape index (κ1) is 15.4. The van der Waals surface area contributed by atoms with Crippen molar-refractivity contribution in [2.45, 2.75) is 19.4 Å². The predicted molar refractivity (Wildman–Crippen MR) is 68.8 cm³/mol. The first-order valence-corrected chi connectivity index (χ1v) is 5.77. The Balaban J connectivity index is 3.20. The Bertz CT molecular complexity index is 543. The van der Waals surface area contributed by atoms with E-state index in [0.717, 1.165) is 6.07 Å². The summed E-state index contributed by atoms with van der Waals surface area (Å²) in [5, 5.41) is 22.1. The number of ether oxygens (including phenoxy) is 1. The van der Waals surface area contributed by atoms with Gasteiger partial charge in [-0.2, -0.15) is 0 Å².